The van der Waals surface area contributed by atoms with Gasteiger partial charge in [-0.15, -0.1) is 0 Å². The summed E-state index contributed by atoms with van der Waals surface area (Å²) in [5.74, 6) is -0.182. The Morgan fingerprint density at radius 3 is 2.24 bits per heavy atom. The second-order valence-electron chi connectivity index (χ2n) is 8.73. The summed E-state index contributed by atoms with van der Waals surface area (Å²) >= 11 is 0. The van der Waals surface area contributed by atoms with Crippen molar-refractivity contribution in [1.29, 1.82) is 5.26 Å². The molecule has 4 rings (SSSR count). The van der Waals surface area contributed by atoms with Gasteiger partial charge < -0.3 is 5.32 Å². The molecule has 2 aromatic rings. The van der Waals surface area contributed by atoms with E-state index < -0.39 is 10.0 Å². The molecule has 0 spiro atoms. The van der Waals surface area contributed by atoms with Crippen molar-refractivity contribution in [3.63, 3.8) is 0 Å². The molecule has 0 aliphatic carbocycles. The first-order valence-electron chi connectivity index (χ1n) is 11.6. The lowest BCUT2D eigenvalue weighted by atomic mass is 9.97. The Bertz CT molecular complexity index is 1080. The van der Waals surface area contributed by atoms with Gasteiger partial charge in [0.25, 0.3) is 0 Å². The highest BCUT2D eigenvalue weighted by Crippen LogP contribution is 2.26. The number of nitrogens with zero attached hydrogens (tertiary/aromatic N) is 3. The molecule has 0 saturated carbocycles. The monoisotopic (exact) mass is 466 g/mol. The number of carbonyl (C=O) groups excluding carboxylic acids is 1. The van der Waals surface area contributed by atoms with Crippen LogP contribution < -0.4 is 5.32 Å². The van der Waals surface area contributed by atoms with Crippen molar-refractivity contribution in [3.8, 4) is 6.07 Å². The third kappa shape index (κ3) is 5.44. The quantitative estimate of drug-likeness (QED) is 0.677. The van der Waals surface area contributed by atoms with E-state index >= 15 is 0 Å². The Hall–Kier alpha value is -2.73. The van der Waals surface area contributed by atoms with Crippen LogP contribution in [-0.4, -0.2) is 56.3 Å². The van der Waals surface area contributed by atoms with E-state index in [1.807, 2.05) is 24.3 Å². The molecule has 1 N–H and O–H groups in total. The molecule has 0 aromatic heterocycles. The van der Waals surface area contributed by atoms with E-state index in [2.05, 4.69) is 22.3 Å². The summed E-state index contributed by atoms with van der Waals surface area (Å²) < 4.78 is 27.3. The predicted molar refractivity (Wildman–Crippen MR) is 126 cm³/mol. The zero-order valence-electron chi connectivity index (χ0n) is 18.7. The van der Waals surface area contributed by atoms with Crippen LogP contribution in [-0.2, 0) is 14.8 Å². The number of piperidine rings is 1. The zero-order chi connectivity index (χ0) is 23.3. The van der Waals surface area contributed by atoms with Crippen molar-refractivity contribution in [1.82, 2.24) is 14.5 Å². The number of hydrogen-bond donors (Lipinski definition) is 1. The maximum Gasteiger partial charge on any atom is 0.243 e. The van der Waals surface area contributed by atoms with Gasteiger partial charge in [0, 0.05) is 25.6 Å². The number of likely N-dealkylation sites (tertiary alicyclic amines) is 1. The van der Waals surface area contributed by atoms with E-state index in [-0.39, 0.29) is 22.8 Å². The van der Waals surface area contributed by atoms with Crippen molar-refractivity contribution >= 4 is 15.9 Å². The van der Waals surface area contributed by atoms with Gasteiger partial charge in [-0.25, -0.2) is 8.42 Å². The first-order valence-corrected chi connectivity index (χ1v) is 13.0. The van der Waals surface area contributed by atoms with E-state index in [4.69, 9.17) is 5.26 Å². The lowest BCUT2D eigenvalue weighted by Crippen LogP contribution is -2.44. The van der Waals surface area contributed by atoms with Crippen molar-refractivity contribution in [2.75, 3.05) is 32.7 Å². The van der Waals surface area contributed by atoms with Gasteiger partial charge in [-0.2, -0.15) is 9.57 Å². The van der Waals surface area contributed by atoms with E-state index in [1.165, 1.54) is 47.0 Å². The molecule has 2 fully saturated rings. The molecule has 2 saturated heterocycles. The summed E-state index contributed by atoms with van der Waals surface area (Å²) in [5.41, 5.74) is 1.63. The molecule has 2 heterocycles. The molecule has 0 unspecified atom stereocenters. The number of sulfonamides is 1. The molecule has 1 amide bonds. The van der Waals surface area contributed by atoms with Crippen molar-refractivity contribution in [2.24, 2.45) is 5.92 Å². The minimum atomic E-state index is -3.62. The Kier molecular flexibility index (Phi) is 7.43. The van der Waals surface area contributed by atoms with Gasteiger partial charge in [0.1, 0.15) is 0 Å². The fraction of sp³-hybridized carbons (Fsp3) is 0.440. The van der Waals surface area contributed by atoms with Gasteiger partial charge in [-0.05, 0) is 68.6 Å². The van der Waals surface area contributed by atoms with Crippen LogP contribution >= 0.6 is 0 Å². The average molecular weight is 467 g/mol. The van der Waals surface area contributed by atoms with Crippen LogP contribution in [0.1, 0.15) is 42.9 Å². The summed E-state index contributed by atoms with van der Waals surface area (Å²) in [6.45, 7) is 3.28. The van der Waals surface area contributed by atoms with E-state index in [1.54, 1.807) is 0 Å². The number of hydrogen-bond acceptors (Lipinski definition) is 5. The van der Waals surface area contributed by atoms with Crippen LogP contribution in [0.2, 0.25) is 0 Å². The lowest BCUT2D eigenvalue weighted by Gasteiger charge is -2.32. The van der Waals surface area contributed by atoms with Crippen LogP contribution in [0.15, 0.2) is 59.5 Å². The van der Waals surface area contributed by atoms with Crippen LogP contribution in [0.3, 0.4) is 0 Å². The third-order valence-electron chi connectivity index (χ3n) is 6.68. The van der Waals surface area contributed by atoms with Gasteiger partial charge in [-0.1, -0.05) is 30.3 Å². The second kappa shape index (κ2) is 10.5. The van der Waals surface area contributed by atoms with Crippen LogP contribution in [0.5, 0.6) is 0 Å². The highest BCUT2D eigenvalue weighted by Gasteiger charge is 2.32. The molecule has 7 nitrogen and oxygen atoms in total. The van der Waals surface area contributed by atoms with Gasteiger partial charge >= 0.3 is 0 Å². The summed E-state index contributed by atoms with van der Waals surface area (Å²) in [6.07, 6.45) is 3.37. The molecule has 2 aromatic carbocycles. The topological polar surface area (TPSA) is 93.5 Å². The first kappa shape index (κ1) is 23.4. The van der Waals surface area contributed by atoms with E-state index in [0.717, 1.165) is 13.1 Å². The molecule has 0 radical (unpaired) electrons. The second-order valence-corrected chi connectivity index (χ2v) is 10.7. The molecule has 2 aliphatic heterocycles. The van der Waals surface area contributed by atoms with Gasteiger partial charge in [0.15, 0.2) is 0 Å². The molecule has 8 heteroatoms. The van der Waals surface area contributed by atoms with E-state index in [9.17, 15) is 13.2 Å². The Morgan fingerprint density at radius 2 is 1.64 bits per heavy atom. The lowest BCUT2D eigenvalue weighted by molar-refractivity contribution is -0.126. The number of carbonyl (C=O) groups is 1. The van der Waals surface area contributed by atoms with Gasteiger partial charge in [0.2, 0.25) is 15.9 Å². The summed E-state index contributed by atoms with van der Waals surface area (Å²) in [7, 11) is -3.62. The molecular weight excluding hydrogens is 436 g/mol. The molecule has 174 valence electrons. The molecule has 0 bridgehead atoms. The maximum absolute atomic E-state index is 12.9. The predicted octanol–water partition coefficient (Wildman–Crippen LogP) is 2.91. The number of benzene rings is 2. The Balaban J connectivity index is 1.33. The number of amides is 1. The van der Waals surface area contributed by atoms with Crippen LogP contribution in [0, 0.1) is 17.2 Å². The number of nitriles is 1. The highest BCUT2D eigenvalue weighted by atomic mass is 32.2. The van der Waals surface area contributed by atoms with Crippen LogP contribution in [0.25, 0.3) is 0 Å². The van der Waals surface area contributed by atoms with Crippen molar-refractivity contribution in [2.45, 2.75) is 36.6 Å². The summed E-state index contributed by atoms with van der Waals surface area (Å²) in [5, 5.41) is 12.1. The molecular formula is C25H30N4O3S. The Morgan fingerprint density at radius 1 is 1.00 bits per heavy atom. The minimum Gasteiger partial charge on any atom is -0.354 e. The maximum atomic E-state index is 12.9. The SMILES string of the molecule is N#Cc1ccc(S(=O)(=O)N2CCC(C(=O)NC[C@H](c3ccccc3)N3CCCC3)CC2)cc1. The summed E-state index contributed by atoms with van der Waals surface area (Å²) in [4.78, 5) is 15.5. The normalized spacial score (nSPS) is 19.1. The van der Waals surface area contributed by atoms with Crippen molar-refractivity contribution in [3.05, 3.63) is 65.7 Å². The fourth-order valence-electron chi connectivity index (χ4n) is 4.74. The third-order valence-corrected chi connectivity index (χ3v) is 8.59. The molecule has 33 heavy (non-hydrogen) atoms. The minimum absolute atomic E-state index is 0.00514. The van der Waals surface area contributed by atoms with Crippen LogP contribution in [0.4, 0.5) is 0 Å². The number of nitrogens with one attached hydrogen (secondary N) is 1. The smallest absolute Gasteiger partial charge is 0.243 e. The number of rotatable bonds is 7. The van der Waals surface area contributed by atoms with Gasteiger partial charge in [-0.3, -0.25) is 9.69 Å². The Labute approximate surface area is 196 Å². The molecule has 2 aliphatic rings. The summed E-state index contributed by atoms with van der Waals surface area (Å²) in [6, 6.07) is 18.4. The fourth-order valence-corrected chi connectivity index (χ4v) is 6.21. The van der Waals surface area contributed by atoms with Gasteiger partial charge in [0.05, 0.1) is 22.6 Å². The average Bonchev–Trinajstić information content (AvgIpc) is 3.39. The highest BCUT2D eigenvalue weighted by molar-refractivity contribution is 7.89. The zero-order valence-corrected chi connectivity index (χ0v) is 19.5. The van der Waals surface area contributed by atoms with E-state index in [0.29, 0.717) is 38.0 Å². The first-order chi connectivity index (χ1) is 16.0. The largest absolute Gasteiger partial charge is 0.354 e. The standard InChI is InChI=1S/C25H30N4O3S/c26-18-20-8-10-23(11-9-20)33(31,32)29-16-12-22(13-17-29)25(30)27-19-24(28-14-4-5-15-28)21-6-2-1-3-7-21/h1-3,6-11,22,24H,4-5,12-17,19H2,(H,27,30)/t24-/m1/s1. The molecule has 1 atom stereocenters. The van der Waals surface area contributed by atoms with Crippen molar-refractivity contribution < 1.29 is 13.2 Å².